The van der Waals surface area contributed by atoms with E-state index in [4.69, 9.17) is 14.0 Å². The molecular formula is C25H28N4O4. The quantitative estimate of drug-likeness (QED) is 0.435. The van der Waals surface area contributed by atoms with Crippen LogP contribution in [0.3, 0.4) is 0 Å². The average Bonchev–Trinajstić information content (AvgIpc) is 3.44. The molecule has 1 aliphatic rings. The Hall–Kier alpha value is -3.55. The molecule has 1 saturated carbocycles. The second kappa shape index (κ2) is 8.77. The zero-order valence-corrected chi connectivity index (χ0v) is 19.2. The molecule has 33 heavy (non-hydrogen) atoms. The van der Waals surface area contributed by atoms with Crippen LogP contribution in [0.4, 0.5) is 0 Å². The van der Waals surface area contributed by atoms with Crippen LogP contribution in [0.25, 0.3) is 22.5 Å². The summed E-state index contributed by atoms with van der Waals surface area (Å²) in [6.45, 7) is 0.708. The summed E-state index contributed by atoms with van der Waals surface area (Å²) in [5.41, 5.74) is 2.75. The van der Waals surface area contributed by atoms with Crippen LogP contribution in [-0.4, -0.2) is 33.5 Å². The summed E-state index contributed by atoms with van der Waals surface area (Å²) in [5.74, 6) is 3.57. The molecule has 0 radical (unpaired) electrons. The van der Waals surface area contributed by atoms with Gasteiger partial charge in [0.2, 0.25) is 0 Å². The highest BCUT2D eigenvalue weighted by atomic mass is 16.5. The Morgan fingerprint density at radius 2 is 1.67 bits per heavy atom. The highest BCUT2D eigenvalue weighted by Gasteiger charge is 2.27. The average molecular weight is 449 g/mol. The summed E-state index contributed by atoms with van der Waals surface area (Å²) in [5, 5.41) is 4.26. The fourth-order valence-corrected chi connectivity index (χ4v) is 4.81. The Bertz CT molecular complexity index is 1310. The predicted octanol–water partition coefficient (Wildman–Crippen LogP) is 4.38. The number of rotatable bonds is 6. The monoisotopic (exact) mass is 448 g/mol. The lowest BCUT2D eigenvalue weighted by Gasteiger charge is -2.26. The summed E-state index contributed by atoms with van der Waals surface area (Å²) in [6.07, 6.45) is 4.00. The Labute approximate surface area is 191 Å². The van der Waals surface area contributed by atoms with Crippen molar-refractivity contribution in [3.63, 3.8) is 0 Å². The van der Waals surface area contributed by atoms with Gasteiger partial charge in [-0.15, -0.1) is 0 Å². The van der Waals surface area contributed by atoms with Gasteiger partial charge in [-0.05, 0) is 68.0 Å². The molecule has 2 heterocycles. The SMILES string of the molecule is COc1ccc(-c2nc([C@H]3CC[C@H](Cn4c(=O)n(C)c5ccc(OC)cc54)CC3)no2)cc1. The molecule has 2 aromatic heterocycles. The molecule has 172 valence electrons. The number of imidazole rings is 1. The van der Waals surface area contributed by atoms with E-state index in [1.807, 2.05) is 54.1 Å². The van der Waals surface area contributed by atoms with Crippen LogP contribution >= 0.6 is 0 Å². The summed E-state index contributed by atoms with van der Waals surface area (Å²) in [7, 11) is 5.11. The third-order valence-electron chi connectivity index (χ3n) is 6.78. The number of aromatic nitrogens is 4. The van der Waals surface area contributed by atoms with Crippen LogP contribution in [0.15, 0.2) is 51.8 Å². The van der Waals surface area contributed by atoms with Crippen molar-refractivity contribution in [1.29, 1.82) is 0 Å². The van der Waals surface area contributed by atoms with Gasteiger partial charge in [-0.25, -0.2) is 4.79 Å². The van der Waals surface area contributed by atoms with Crippen molar-refractivity contribution in [3.8, 4) is 23.0 Å². The third-order valence-corrected chi connectivity index (χ3v) is 6.78. The van der Waals surface area contributed by atoms with E-state index in [2.05, 4.69) is 10.1 Å². The molecular weight excluding hydrogens is 420 g/mol. The summed E-state index contributed by atoms with van der Waals surface area (Å²) < 4.78 is 19.7. The van der Waals surface area contributed by atoms with Crippen LogP contribution in [0.2, 0.25) is 0 Å². The van der Waals surface area contributed by atoms with Crippen LogP contribution in [0.1, 0.15) is 37.4 Å². The Balaban J connectivity index is 1.27. The van der Waals surface area contributed by atoms with Gasteiger partial charge in [0, 0.05) is 31.1 Å². The zero-order chi connectivity index (χ0) is 22.9. The molecule has 0 spiro atoms. The van der Waals surface area contributed by atoms with Crippen LogP contribution in [0.5, 0.6) is 11.5 Å². The lowest BCUT2D eigenvalue weighted by atomic mass is 9.81. The lowest BCUT2D eigenvalue weighted by Crippen LogP contribution is -2.27. The molecule has 1 aliphatic carbocycles. The van der Waals surface area contributed by atoms with Crippen molar-refractivity contribution in [2.45, 2.75) is 38.1 Å². The number of fused-ring (bicyclic) bond motifs is 1. The minimum absolute atomic E-state index is 0.0164. The highest BCUT2D eigenvalue weighted by molar-refractivity contribution is 5.77. The summed E-state index contributed by atoms with van der Waals surface area (Å²) >= 11 is 0. The van der Waals surface area contributed by atoms with Gasteiger partial charge in [0.05, 0.1) is 25.3 Å². The van der Waals surface area contributed by atoms with E-state index in [0.717, 1.165) is 59.6 Å². The molecule has 0 N–H and O–H groups in total. The van der Waals surface area contributed by atoms with E-state index >= 15 is 0 Å². The van der Waals surface area contributed by atoms with Crippen molar-refractivity contribution in [3.05, 3.63) is 58.8 Å². The van der Waals surface area contributed by atoms with E-state index in [9.17, 15) is 4.79 Å². The highest BCUT2D eigenvalue weighted by Crippen LogP contribution is 2.36. The van der Waals surface area contributed by atoms with Gasteiger partial charge in [0.25, 0.3) is 5.89 Å². The van der Waals surface area contributed by atoms with Gasteiger partial charge in [-0.2, -0.15) is 4.98 Å². The smallest absolute Gasteiger partial charge is 0.328 e. The molecule has 5 rings (SSSR count). The van der Waals surface area contributed by atoms with Gasteiger partial charge >= 0.3 is 5.69 Å². The minimum atomic E-state index is 0.0164. The van der Waals surface area contributed by atoms with Gasteiger partial charge in [-0.1, -0.05) is 5.16 Å². The summed E-state index contributed by atoms with van der Waals surface area (Å²) in [4.78, 5) is 17.5. The normalized spacial score (nSPS) is 18.5. The molecule has 0 aliphatic heterocycles. The van der Waals surface area contributed by atoms with Crippen LogP contribution < -0.4 is 15.2 Å². The van der Waals surface area contributed by atoms with Crippen LogP contribution in [0, 0.1) is 5.92 Å². The molecule has 0 saturated heterocycles. The molecule has 1 fully saturated rings. The van der Waals surface area contributed by atoms with Crippen molar-refractivity contribution in [2.24, 2.45) is 13.0 Å². The fraction of sp³-hybridized carbons (Fsp3) is 0.400. The first-order valence-corrected chi connectivity index (χ1v) is 11.3. The van der Waals surface area contributed by atoms with Gasteiger partial charge in [0.1, 0.15) is 11.5 Å². The molecule has 0 bridgehead atoms. The Morgan fingerprint density at radius 1 is 0.970 bits per heavy atom. The van der Waals surface area contributed by atoms with Crippen molar-refractivity contribution < 1.29 is 14.0 Å². The van der Waals surface area contributed by atoms with Crippen molar-refractivity contribution >= 4 is 11.0 Å². The topological polar surface area (TPSA) is 84.3 Å². The maximum absolute atomic E-state index is 12.9. The number of benzene rings is 2. The van der Waals surface area contributed by atoms with Crippen molar-refractivity contribution in [2.75, 3.05) is 14.2 Å². The maximum atomic E-state index is 12.9. The van der Waals surface area contributed by atoms with Crippen molar-refractivity contribution in [1.82, 2.24) is 19.3 Å². The fourth-order valence-electron chi connectivity index (χ4n) is 4.81. The number of hydrogen-bond acceptors (Lipinski definition) is 6. The maximum Gasteiger partial charge on any atom is 0.328 e. The number of aryl methyl sites for hydroxylation is 1. The molecule has 8 heteroatoms. The molecule has 0 amide bonds. The third kappa shape index (κ3) is 4.01. The zero-order valence-electron chi connectivity index (χ0n) is 19.2. The van der Waals surface area contributed by atoms with Gasteiger partial charge in [-0.3, -0.25) is 9.13 Å². The first-order chi connectivity index (χ1) is 16.1. The number of methoxy groups -OCH3 is 2. The second-order valence-electron chi connectivity index (χ2n) is 8.71. The Morgan fingerprint density at radius 3 is 2.36 bits per heavy atom. The van der Waals surface area contributed by atoms with Gasteiger partial charge < -0.3 is 14.0 Å². The molecule has 8 nitrogen and oxygen atoms in total. The predicted molar refractivity (Wildman–Crippen MR) is 125 cm³/mol. The number of ether oxygens (including phenoxy) is 2. The molecule has 2 aromatic carbocycles. The molecule has 4 aromatic rings. The van der Waals surface area contributed by atoms with Gasteiger partial charge in [0.15, 0.2) is 5.82 Å². The molecule has 0 atom stereocenters. The van der Waals surface area contributed by atoms with E-state index in [1.54, 1.807) is 18.8 Å². The summed E-state index contributed by atoms with van der Waals surface area (Å²) in [6, 6.07) is 13.4. The van der Waals surface area contributed by atoms with E-state index in [1.165, 1.54) is 0 Å². The largest absolute Gasteiger partial charge is 0.497 e. The number of nitrogens with zero attached hydrogens (tertiary/aromatic N) is 4. The minimum Gasteiger partial charge on any atom is -0.497 e. The van der Waals surface area contributed by atoms with E-state index in [0.29, 0.717) is 18.4 Å². The van der Waals surface area contributed by atoms with E-state index < -0.39 is 0 Å². The second-order valence-corrected chi connectivity index (χ2v) is 8.71. The Kier molecular flexibility index (Phi) is 5.66. The number of hydrogen-bond donors (Lipinski definition) is 0. The first-order valence-electron chi connectivity index (χ1n) is 11.3. The van der Waals surface area contributed by atoms with E-state index in [-0.39, 0.29) is 11.6 Å². The lowest BCUT2D eigenvalue weighted by molar-refractivity contribution is 0.283. The van der Waals surface area contributed by atoms with Crippen LogP contribution in [-0.2, 0) is 13.6 Å². The molecule has 0 unspecified atom stereocenters. The first kappa shape index (κ1) is 21.3. The standard InChI is InChI=1S/C25H28N4O4/c1-28-21-13-12-20(32-3)14-22(21)29(25(28)30)15-16-4-6-17(7-5-16)23-26-24(33-27-23)18-8-10-19(31-2)11-9-18/h8-14,16-17H,4-7,15H2,1-3H3/t16-,17-.